The molecular weight excluding hydrogens is 314 g/mol. The van der Waals surface area contributed by atoms with Crippen molar-refractivity contribution in [3.05, 3.63) is 53.6 Å². The smallest absolute Gasteiger partial charge is 0.243 e. The summed E-state index contributed by atoms with van der Waals surface area (Å²) in [6, 6.07) is 12.5. The van der Waals surface area contributed by atoms with Crippen LogP contribution in [0, 0.1) is 6.92 Å². The molecule has 3 rings (SSSR count). The van der Waals surface area contributed by atoms with Crippen molar-refractivity contribution in [1.82, 2.24) is 4.31 Å². The number of aryl methyl sites for hydroxylation is 1. The van der Waals surface area contributed by atoms with Gasteiger partial charge in [0.15, 0.2) is 11.5 Å². The fourth-order valence-corrected chi connectivity index (χ4v) is 3.69. The van der Waals surface area contributed by atoms with Gasteiger partial charge in [-0.05, 0) is 24.6 Å². The Kier molecular flexibility index (Phi) is 4.28. The van der Waals surface area contributed by atoms with E-state index in [1.165, 1.54) is 10.4 Å². The Hall–Kier alpha value is -2.05. The van der Waals surface area contributed by atoms with E-state index in [-0.39, 0.29) is 4.90 Å². The molecule has 0 saturated heterocycles. The molecule has 0 radical (unpaired) electrons. The minimum absolute atomic E-state index is 0.205. The van der Waals surface area contributed by atoms with Crippen LogP contribution in [0.5, 0.6) is 11.5 Å². The fourth-order valence-electron chi connectivity index (χ4n) is 2.52. The highest BCUT2D eigenvalue weighted by Crippen LogP contribution is 2.33. The van der Waals surface area contributed by atoms with Crippen molar-refractivity contribution >= 4 is 10.0 Å². The van der Waals surface area contributed by atoms with Crippen LogP contribution in [0.25, 0.3) is 0 Å². The largest absolute Gasteiger partial charge is 0.486 e. The first-order chi connectivity index (χ1) is 11.0. The Morgan fingerprint density at radius 3 is 2.52 bits per heavy atom. The molecule has 6 heteroatoms. The Morgan fingerprint density at radius 1 is 1.04 bits per heavy atom. The average molecular weight is 333 g/mol. The lowest BCUT2D eigenvalue weighted by molar-refractivity contribution is 0.171. The van der Waals surface area contributed by atoms with Crippen molar-refractivity contribution in [2.45, 2.75) is 18.4 Å². The van der Waals surface area contributed by atoms with Gasteiger partial charge in [0, 0.05) is 19.7 Å². The highest BCUT2D eigenvalue weighted by molar-refractivity contribution is 7.89. The Labute approximate surface area is 136 Å². The molecule has 23 heavy (non-hydrogen) atoms. The number of nitrogens with zero attached hydrogens (tertiary/aromatic N) is 1. The van der Waals surface area contributed by atoms with Crippen LogP contribution >= 0.6 is 0 Å². The molecule has 122 valence electrons. The van der Waals surface area contributed by atoms with E-state index in [4.69, 9.17) is 9.47 Å². The van der Waals surface area contributed by atoms with Crippen molar-refractivity contribution in [2.24, 2.45) is 0 Å². The maximum Gasteiger partial charge on any atom is 0.243 e. The van der Waals surface area contributed by atoms with Gasteiger partial charge in [-0.2, -0.15) is 4.31 Å². The van der Waals surface area contributed by atoms with E-state index in [0.717, 1.165) is 11.1 Å². The summed E-state index contributed by atoms with van der Waals surface area (Å²) < 4.78 is 37.7. The third kappa shape index (κ3) is 3.33. The molecule has 1 aliphatic heterocycles. The molecule has 1 heterocycles. The van der Waals surface area contributed by atoms with Crippen molar-refractivity contribution in [3.8, 4) is 11.5 Å². The van der Waals surface area contributed by atoms with Crippen molar-refractivity contribution in [1.29, 1.82) is 0 Å². The number of fused-ring (bicyclic) bond motifs is 1. The van der Waals surface area contributed by atoms with Gasteiger partial charge in [-0.15, -0.1) is 0 Å². The summed E-state index contributed by atoms with van der Waals surface area (Å²) in [6.07, 6.45) is 0. The summed E-state index contributed by atoms with van der Waals surface area (Å²) in [5.74, 6) is 1.05. The van der Waals surface area contributed by atoms with Crippen LogP contribution < -0.4 is 9.47 Å². The highest BCUT2D eigenvalue weighted by atomic mass is 32.2. The molecule has 0 fully saturated rings. The summed E-state index contributed by atoms with van der Waals surface area (Å²) in [5.41, 5.74) is 2.06. The fraction of sp³-hybridized carbons (Fsp3) is 0.294. The summed E-state index contributed by atoms with van der Waals surface area (Å²) in [5, 5.41) is 0. The maximum absolute atomic E-state index is 12.7. The second kappa shape index (κ2) is 6.22. The van der Waals surface area contributed by atoms with E-state index in [1.807, 2.05) is 31.2 Å². The highest BCUT2D eigenvalue weighted by Gasteiger charge is 2.23. The van der Waals surface area contributed by atoms with Crippen LogP contribution in [-0.4, -0.2) is 33.0 Å². The summed E-state index contributed by atoms with van der Waals surface area (Å²) in [6.45, 7) is 3.21. The molecule has 0 N–H and O–H groups in total. The summed E-state index contributed by atoms with van der Waals surface area (Å²) in [7, 11) is -2.01. The van der Waals surface area contributed by atoms with Crippen molar-refractivity contribution in [2.75, 3.05) is 20.3 Å². The van der Waals surface area contributed by atoms with E-state index in [9.17, 15) is 8.42 Å². The molecule has 0 spiro atoms. The summed E-state index contributed by atoms with van der Waals surface area (Å²) >= 11 is 0. The normalized spacial score (nSPS) is 14.0. The lowest BCUT2D eigenvalue weighted by Crippen LogP contribution is -2.26. The molecule has 0 bridgehead atoms. The lowest BCUT2D eigenvalue weighted by atomic mass is 10.1. The molecule has 0 aromatic heterocycles. The minimum atomic E-state index is -3.59. The van der Waals surface area contributed by atoms with Gasteiger partial charge < -0.3 is 9.47 Å². The number of hydrogen-bond acceptors (Lipinski definition) is 4. The van der Waals surface area contributed by atoms with E-state index < -0.39 is 10.0 Å². The number of sulfonamides is 1. The topological polar surface area (TPSA) is 55.8 Å². The third-order valence-corrected chi connectivity index (χ3v) is 5.51. The number of benzene rings is 2. The zero-order chi connectivity index (χ0) is 16.4. The van der Waals surface area contributed by atoms with E-state index in [0.29, 0.717) is 31.3 Å². The van der Waals surface area contributed by atoms with Gasteiger partial charge in [0.1, 0.15) is 13.2 Å². The Morgan fingerprint density at radius 2 is 1.78 bits per heavy atom. The van der Waals surface area contributed by atoms with Crippen LogP contribution in [0.15, 0.2) is 47.4 Å². The van der Waals surface area contributed by atoms with E-state index >= 15 is 0 Å². The van der Waals surface area contributed by atoms with Crippen molar-refractivity contribution < 1.29 is 17.9 Å². The van der Waals surface area contributed by atoms with Gasteiger partial charge in [0.25, 0.3) is 0 Å². The molecule has 0 atom stereocenters. The quantitative estimate of drug-likeness (QED) is 0.863. The first kappa shape index (κ1) is 15.8. The predicted molar refractivity (Wildman–Crippen MR) is 87.3 cm³/mol. The number of ether oxygens (including phenoxy) is 2. The standard InChI is InChI=1S/C17H19NO4S/c1-13-4-3-5-14(10-13)12-18(2)23(19,20)15-6-7-16-17(11-15)22-9-8-21-16/h3-7,10-11H,8-9,12H2,1-2H3. The molecule has 5 nitrogen and oxygen atoms in total. The van der Waals surface area contributed by atoms with E-state index in [1.54, 1.807) is 19.2 Å². The SMILES string of the molecule is Cc1cccc(CN(C)S(=O)(=O)c2ccc3c(c2)OCCO3)c1. The van der Waals surface area contributed by atoms with Crippen molar-refractivity contribution in [3.63, 3.8) is 0 Å². The Bertz CT molecular complexity index is 817. The van der Waals surface area contributed by atoms with Crippen LogP contribution in [0.4, 0.5) is 0 Å². The summed E-state index contributed by atoms with van der Waals surface area (Å²) in [4.78, 5) is 0.205. The average Bonchev–Trinajstić information content (AvgIpc) is 2.54. The monoisotopic (exact) mass is 333 g/mol. The first-order valence-corrected chi connectivity index (χ1v) is 8.82. The lowest BCUT2D eigenvalue weighted by Gasteiger charge is -2.21. The minimum Gasteiger partial charge on any atom is -0.486 e. The van der Waals surface area contributed by atoms with Gasteiger partial charge in [0.2, 0.25) is 10.0 Å². The first-order valence-electron chi connectivity index (χ1n) is 7.38. The molecule has 2 aromatic rings. The van der Waals surface area contributed by atoms with Crippen LogP contribution in [-0.2, 0) is 16.6 Å². The van der Waals surface area contributed by atoms with Crippen LogP contribution in [0.1, 0.15) is 11.1 Å². The molecule has 2 aromatic carbocycles. The molecule has 0 unspecified atom stereocenters. The van der Waals surface area contributed by atoms with Gasteiger partial charge in [0.05, 0.1) is 4.90 Å². The van der Waals surface area contributed by atoms with Gasteiger partial charge in [-0.25, -0.2) is 8.42 Å². The third-order valence-electron chi connectivity index (χ3n) is 3.71. The van der Waals surface area contributed by atoms with Crippen LogP contribution in [0.2, 0.25) is 0 Å². The maximum atomic E-state index is 12.7. The number of rotatable bonds is 4. The molecule has 0 aliphatic carbocycles. The van der Waals surface area contributed by atoms with E-state index in [2.05, 4.69) is 0 Å². The second-order valence-corrected chi connectivity index (χ2v) is 7.60. The van der Waals surface area contributed by atoms with Gasteiger partial charge >= 0.3 is 0 Å². The molecule has 0 saturated carbocycles. The zero-order valence-corrected chi connectivity index (χ0v) is 14.0. The molecule has 0 amide bonds. The second-order valence-electron chi connectivity index (χ2n) is 5.56. The van der Waals surface area contributed by atoms with Gasteiger partial charge in [-0.3, -0.25) is 0 Å². The molecular formula is C17H19NO4S. The Balaban J connectivity index is 1.85. The van der Waals surface area contributed by atoms with Gasteiger partial charge in [-0.1, -0.05) is 29.8 Å². The predicted octanol–water partition coefficient (Wildman–Crippen LogP) is 2.59. The number of hydrogen-bond donors (Lipinski definition) is 0. The van der Waals surface area contributed by atoms with Crippen LogP contribution in [0.3, 0.4) is 0 Å². The zero-order valence-electron chi connectivity index (χ0n) is 13.2. The molecule has 1 aliphatic rings.